The van der Waals surface area contributed by atoms with E-state index >= 15 is 0 Å². The number of carbonyl (C=O) groups excluding carboxylic acids is 1. The highest BCUT2D eigenvalue weighted by molar-refractivity contribution is 5.88. The number of hydrogen-bond acceptors (Lipinski definition) is 5. The fourth-order valence-electron chi connectivity index (χ4n) is 4.15. The number of carbonyl (C=O) groups is 1. The van der Waals surface area contributed by atoms with Crippen LogP contribution in [0.15, 0.2) is 36.8 Å². The fraction of sp³-hybridized carbons (Fsp3) is 0.391. The predicted molar refractivity (Wildman–Crippen MR) is 122 cm³/mol. The number of aryl methyl sites for hydroxylation is 1. The highest BCUT2D eigenvalue weighted by Gasteiger charge is 2.23. The van der Waals surface area contributed by atoms with Crippen LogP contribution in [0, 0.1) is 18.7 Å². The number of imidazole rings is 1. The van der Waals surface area contributed by atoms with Crippen LogP contribution in [0.4, 0.5) is 20.7 Å². The van der Waals surface area contributed by atoms with Gasteiger partial charge in [0.05, 0.1) is 11.4 Å². The molecule has 3 aromatic rings. The van der Waals surface area contributed by atoms with E-state index in [0.29, 0.717) is 24.4 Å². The molecule has 1 aliphatic heterocycles. The van der Waals surface area contributed by atoms with Gasteiger partial charge >= 0.3 is 6.03 Å². The van der Waals surface area contributed by atoms with Gasteiger partial charge < -0.3 is 15.2 Å². The average Bonchev–Trinajstić information content (AvgIpc) is 3.32. The molecule has 4 heterocycles. The van der Waals surface area contributed by atoms with Gasteiger partial charge in [0.2, 0.25) is 0 Å². The van der Waals surface area contributed by atoms with E-state index in [4.69, 9.17) is 4.98 Å². The first-order chi connectivity index (χ1) is 15.5. The maximum Gasteiger partial charge on any atom is 0.320 e. The zero-order chi connectivity index (χ0) is 22.5. The van der Waals surface area contributed by atoms with Crippen molar-refractivity contribution in [3.05, 3.63) is 53.9 Å². The van der Waals surface area contributed by atoms with Crippen LogP contribution in [0.3, 0.4) is 0 Å². The number of pyridine rings is 2. The largest absolute Gasteiger partial charge is 0.370 e. The Morgan fingerprint density at radius 1 is 1.22 bits per heavy atom. The highest BCUT2D eigenvalue weighted by Crippen LogP contribution is 2.29. The summed E-state index contributed by atoms with van der Waals surface area (Å²) < 4.78 is 14.8. The fourth-order valence-corrected chi connectivity index (χ4v) is 4.15. The van der Waals surface area contributed by atoms with Crippen molar-refractivity contribution >= 4 is 17.5 Å². The normalized spacial score (nSPS) is 14.4. The van der Waals surface area contributed by atoms with Crippen molar-refractivity contribution in [3.63, 3.8) is 0 Å². The molecule has 3 N–H and O–H groups in total. The van der Waals surface area contributed by atoms with Gasteiger partial charge in [-0.15, -0.1) is 0 Å². The zero-order valence-corrected chi connectivity index (χ0v) is 18.4. The minimum atomic E-state index is -0.452. The van der Waals surface area contributed by atoms with Gasteiger partial charge in [0, 0.05) is 38.2 Å². The molecule has 1 saturated heterocycles. The van der Waals surface area contributed by atoms with Crippen LogP contribution in [0.1, 0.15) is 31.0 Å². The van der Waals surface area contributed by atoms with Crippen LogP contribution in [-0.4, -0.2) is 45.6 Å². The van der Waals surface area contributed by atoms with Gasteiger partial charge in [-0.1, -0.05) is 0 Å². The molecule has 0 radical (unpaired) electrons. The summed E-state index contributed by atoms with van der Waals surface area (Å²) in [6.45, 7) is 6.07. The summed E-state index contributed by atoms with van der Waals surface area (Å²) in [7, 11) is 0. The maximum absolute atomic E-state index is 14.8. The zero-order valence-electron chi connectivity index (χ0n) is 18.4. The Morgan fingerprint density at radius 2 is 2.03 bits per heavy atom. The topological polar surface area (TPSA) is 98.8 Å². The average molecular weight is 438 g/mol. The lowest BCUT2D eigenvalue weighted by Gasteiger charge is -2.34. The van der Waals surface area contributed by atoms with Gasteiger partial charge in [-0.25, -0.2) is 24.1 Å². The van der Waals surface area contributed by atoms with Crippen LogP contribution in [0.25, 0.3) is 11.5 Å². The van der Waals surface area contributed by atoms with E-state index in [0.717, 1.165) is 48.8 Å². The van der Waals surface area contributed by atoms with Crippen molar-refractivity contribution in [2.24, 2.45) is 5.92 Å². The third kappa shape index (κ3) is 4.87. The Labute approximate surface area is 186 Å². The Hall–Kier alpha value is -3.49. The Balaban J connectivity index is 1.37. The maximum atomic E-state index is 14.8. The molecule has 8 nitrogen and oxygen atoms in total. The van der Waals surface area contributed by atoms with Crippen molar-refractivity contribution in [1.82, 2.24) is 25.3 Å². The summed E-state index contributed by atoms with van der Waals surface area (Å²) in [5.74, 6) is 0.661. The van der Waals surface area contributed by atoms with Gasteiger partial charge in [0.15, 0.2) is 17.5 Å². The lowest BCUT2D eigenvalue weighted by atomic mass is 9.90. The summed E-state index contributed by atoms with van der Waals surface area (Å²) in [6, 6.07) is 5.34. The van der Waals surface area contributed by atoms with Gasteiger partial charge in [0.25, 0.3) is 0 Å². The van der Waals surface area contributed by atoms with E-state index in [9.17, 15) is 9.18 Å². The quantitative estimate of drug-likeness (QED) is 0.543. The molecule has 0 aliphatic carbocycles. The number of anilines is 2. The first-order valence-electron chi connectivity index (χ1n) is 11.0. The lowest BCUT2D eigenvalue weighted by Crippen LogP contribution is -2.35. The highest BCUT2D eigenvalue weighted by atomic mass is 19.1. The van der Waals surface area contributed by atoms with E-state index in [2.05, 4.69) is 36.6 Å². The number of halogens is 1. The molecule has 3 aromatic heterocycles. The third-order valence-corrected chi connectivity index (χ3v) is 5.80. The lowest BCUT2D eigenvalue weighted by molar-refractivity contribution is 0.252. The van der Waals surface area contributed by atoms with Crippen LogP contribution in [0.2, 0.25) is 0 Å². The Bertz CT molecular complexity index is 1060. The molecule has 168 valence electrons. The van der Waals surface area contributed by atoms with Crippen molar-refractivity contribution in [2.45, 2.75) is 33.1 Å². The number of H-pyrrole nitrogens is 1. The molecule has 2 amide bonds. The first-order valence-corrected chi connectivity index (χ1v) is 11.0. The summed E-state index contributed by atoms with van der Waals surface area (Å²) in [4.78, 5) is 30.1. The first kappa shape index (κ1) is 21.7. The van der Waals surface area contributed by atoms with Gasteiger partial charge in [-0.2, -0.15) is 0 Å². The van der Waals surface area contributed by atoms with E-state index in [-0.39, 0.29) is 5.82 Å². The number of nitrogens with zero attached hydrogens (tertiary/aromatic N) is 4. The molecule has 0 unspecified atom stereocenters. The van der Waals surface area contributed by atoms with Crippen molar-refractivity contribution < 1.29 is 9.18 Å². The number of nitrogens with one attached hydrogen (secondary N) is 3. The van der Waals surface area contributed by atoms with Crippen molar-refractivity contribution in [2.75, 3.05) is 29.9 Å². The summed E-state index contributed by atoms with van der Waals surface area (Å²) in [6.07, 6.45) is 7.59. The summed E-state index contributed by atoms with van der Waals surface area (Å²) in [5.41, 5.74) is 3.52. The van der Waals surface area contributed by atoms with Gasteiger partial charge in [0.1, 0.15) is 5.69 Å². The molecule has 0 spiro atoms. The number of piperidine rings is 1. The van der Waals surface area contributed by atoms with E-state index < -0.39 is 11.8 Å². The van der Waals surface area contributed by atoms with Crippen molar-refractivity contribution in [1.29, 1.82) is 0 Å². The van der Waals surface area contributed by atoms with Crippen LogP contribution in [-0.2, 0) is 6.42 Å². The van der Waals surface area contributed by atoms with Crippen LogP contribution < -0.4 is 15.5 Å². The predicted octanol–water partition coefficient (Wildman–Crippen LogP) is 3.91. The molecule has 0 saturated carbocycles. The molecule has 1 aliphatic rings. The van der Waals surface area contributed by atoms with E-state index in [1.165, 1.54) is 0 Å². The molecular formula is C23H28FN7O. The Morgan fingerprint density at radius 3 is 2.72 bits per heavy atom. The SMILES string of the molecule is CCNC(=O)Nc1nccc(CC2CCN(c3ccc(-c4ncc[nH]4)nc3C)CC2)c1F. The molecule has 0 bridgehead atoms. The summed E-state index contributed by atoms with van der Waals surface area (Å²) in [5, 5.41) is 5.07. The minimum Gasteiger partial charge on any atom is -0.370 e. The summed E-state index contributed by atoms with van der Waals surface area (Å²) >= 11 is 0. The van der Waals surface area contributed by atoms with Crippen LogP contribution in [0.5, 0.6) is 0 Å². The Kier molecular flexibility index (Phi) is 6.63. The standard InChI is InChI=1S/C23H28FN7O/c1-3-25-23(32)30-22-20(24)17(6-9-26-22)14-16-7-12-31(13-8-16)19-5-4-18(29-15(19)2)21-27-10-11-28-21/h4-6,9-11,16H,3,7-8,12-14H2,1-2H3,(H,27,28)(H2,25,26,30,32). The third-order valence-electron chi connectivity index (χ3n) is 5.80. The second-order valence-corrected chi connectivity index (χ2v) is 7.99. The molecule has 9 heteroatoms. The number of urea groups is 1. The molecule has 32 heavy (non-hydrogen) atoms. The van der Waals surface area contributed by atoms with E-state index in [1.807, 2.05) is 13.0 Å². The van der Waals surface area contributed by atoms with Crippen LogP contribution >= 0.6 is 0 Å². The number of amides is 2. The molecule has 4 rings (SSSR count). The minimum absolute atomic E-state index is 0.0239. The van der Waals surface area contributed by atoms with Gasteiger partial charge in [-0.3, -0.25) is 5.32 Å². The molecular weight excluding hydrogens is 409 g/mol. The number of hydrogen-bond donors (Lipinski definition) is 3. The van der Waals surface area contributed by atoms with Crippen molar-refractivity contribution in [3.8, 4) is 11.5 Å². The smallest absolute Gasteiger partial charge is 0.320 e. The van der Waals surface area contributed by atoms with Gasteiger partial charge in [-0.05, 0) is 62.8 Å². The monoisotopic (exact) mass is 437 g/mol. The second kappa shape index (κ2) is 9.76. The van der Waals surface area contributed by atoms with E-state index in [1.54, 1.807) is 31.6 Å². The number of aromatic amines is 1. The number of aromatic nitrogens is 4. The molecule has 0 aromatic carbocycles. The number of rotatable bonds is 6. The molecule has 1 fully saturated rings. The second-order valence-electron chi connectivity index (χ2n) is 7.99. The molecule has 0 atom stereocenters.